The van der Waals surface area contributed by atoms with E-state index >= 15 is 0 Å². The van der Waals surface area contributed by atoms with Gasteiger partial charge in [0, 0.05) is 12.6 Å². The zero-order valence-electron chi connectivity index (χ0n) is 11.1. The van der Waals surface area contributed by atoms with Crippen molar-refractivity contribution in [1.82, 2.24) is 9.55 Å². The fourth-order valence-electron chi connectivity index (χ4n) is 2.01. The van der Waals surface area contributed by atoms with Crippen LogP contribution in [-0.4, -0.2) is 23.8 Å². The number of fused-ring (bicyclic) bond motifs is 1. The second kappa shape index (κ2) is 5.17. The van der Waals surface area contributed by atoms with Crippen LogP contribution in [0.1, 0.15) is 13.3 Å². The fraction of sp³-hybridized carbons (Fsp3) is 0.385. The van der Waals surface area contributed by atoms with Crippen LogP contribution in [0.2, 0.25) is 0 Å². The molecule has 2 aromatic rings. The molecule has 1 N–H and O–H groups in total. The smallest absolute Gasteiger partial charge is 0.328 e. The molecular weight excluding hydrogens is 248 g/mol. The predicted octanol–water partition coefficient (Wildman–Crippen LogP) is 1.12. The van der Waals surface area contributed by atoms with Gasteiger partial charge in [-0.15, -0.1) is 0 Å². The molecule has 0 saturated heterocycles. The third-order valence-corrected chi connectivity index (χ3v) is 2.93. The Bertz CT molecular complexity index is 715. The van der Waals surface area contributed by atoms with Gasteiger partial charge in [0.2, 0.25) is 0 Å². The number of benzene rings is 1. The number of rotatable bonds is 4. The van der Waals surface area contributed by atoms with Crippen LogP contribution in [0, 0.1) is 0 Å². The Balaban J connectivity index is 2.82. The molecule has 0 atom stereocenters. The lowest BCUT2D eigenvalue weighted by atomic mass is 10.2. The first kappa shape index (κ1) is 13.2. The lowest BCUT2D eigenvalue weighted by molar-refractivity contribution is 0.355. The number of methoxy groups -OCH3 is 2. The van der Waals surface area contributed by atoms with Crippen molar-refractivity contribution in [2.75, 3.05) is 14.2 Å². The van der Waals surface area contributed by atoms with Crippen molar-refractivity contribution in [3.8, 4) is 11.5 Å². The van der Waals surface area contributed by atoms with Crippen molar-refractivity contribution in [3.05, 3.63) is 33.0 Å². The Labute approximate surface area is 109 Å². The summed E-state index contributed by atoms with van der Waals surface area (Å²) in [5, 5.41) is 0.408. The Hall–Kier alpha value is -2.24. The summed E-state index contributed by atoms with van der Waals surface area (Å²) in [6.45, 7) is 2.29. The van der Waals surface area contributed by atoms with Gasteiger partial charge in [-0.25, -0.2) is 4.79 Å². The minimum absolute atomic E-state index is 0.318. The molecule has 0 aliphatic rings. The normalized spacial score (nSPS) is 10.7. The second-order valence-electron chi connectivity index (χ2n) is 4.14. The number of aromatic nitrogens is 2. The predicted molar refractivity (Wildman–Crippen MR) is 72.2 cm³/mol. The van der Waals surface area contributed by atoms with Crippen LogP contribution in [0.3, 0.4) is 0 Å². The van der Waals surface area contributed by atoms with Gasteiger partial charge in [-0.3, -0.25) is 9.36 Å². The van der Waals surface area contributed by atoms with E-state index in [9.17, 15) is 9.59 Å². The van der Waals surface area contributed by atoms with Crippen molar-refractivity contribution < 1.29 is 9.47 Å². The van der Waals surface area contributed by atoms with Gasteiger partial charge in [-0.1, -0.05) is 6.92 Å². The first-order valence-corrected chi connectivity index (χ1v) is 6.01. The van der Waals surface area contributed by atoms with Crippen LogP contribution in [-0.2, 0) is 6.54 Å². The van der Waals surface area contributed by atoms with Gasteiger partial charge in [-0.2, -0.15) is 0 Å². The topological polar surface area (TPSA) is 73.3 Å². The van der Waals surface area contributed by atoms with E-state index < -0.39 is 5.69 Å². The first-order valence-electron chi connectivity index (χ1n) is 6.01. The Morgan fingerprint density at radius 3 is 2.37 bits per heavy atom. The van der Waals surface area contributed by atoms with E-state index in [0.29, 0.717) is 35.4 Å². The van der Waals surface area contributed by atoms with Crippen molar-refractivity contribution in [3.63, 3.8) is 0 Å². The summed E-state index contributed by atoms with van der Waals surface area (Å²) in [4.78, 5) is 26.8. The largest absolute Gasteiger partial charge is 0.493 e. The molecule has 0 bridgehead atoms. The number of aromatic amines is 1. The summed E-state index contributed by atoms with van der Waals surface area (Å²) in [5.41, 5.74) is -0.284. The highest BCUT2D eigenvalue weighted by atomic mass is 16.5. The average molecular weight is 264 g/mol. The highest BCUT2D eigenvalue weighted by molar-refractivity contribution is 5.81. The minimum atomic E-state index is -0.411. The lowest BCUT2D eigenvalue weighted by Crippen LogP contribution is -2.34. The quantitative estimate of drug-likeness (QED) is 0.898. The summed E-state index contributed by atoms with van der Waals surface area (Å²) in [5.74, 6) is 0.931. The standard InChI is InChI=1S/C13H16N2O4/c1-4-5-15-12(16)8-6-10(18-2)11(19-3)7-9(8)14-13(15)17/h6-7H,4-5H2,1-3H3,(H,14,17). The minimum Gasteiger partial charge on any atom is -0.493 e. The molecule has 0 radical (unpaired) electrons. The van der Waals surface area contributed by atoms with Gasteiger partial charge < -0.3 is 14.5 Å². The summed E-state index contributed by atoms with van der Waals surface area (Å²) >= 11 is 0. The maximum atomic E-state index is 12.3. The summed E-state index contributed by atoms with van der Waals surface area (Å²) < 4.78 is 11.5. The number of hydrogen-bond donors (Lipinski definition) is 1. The van der Waals surface area contributed by atoms with Gasteiger partial charge in [0.25, 0.3) is 5.56 Å². The zero-order valence-corrected chi connectivity index (χ0v) is 11.1. The number of nitrogens with one attached hydrogen (secondary N) is 1. The van der Waals surface area contributed by atoms with Gasteiger partial charge in [-0.05, 0) is 12.5 Å². The number of H-pyrrole nitrogens is 1. The summed E-state index contributed by atoms with van der Waals surface area (Å²) in [7, 11) is 3.00. The molecule has 6 nitrogen and oxygen atoms in total. The third kappa shape index (κ3) is 2.21. The molecule has 0 fully saturated rings. The van der Waals surface area contributed by atoms with Crippen molar-refractivity contribution in [2.45, 2.75) is 19.9 Å². The Morgan fingerprint density at radius 2 is 1.79 bits per heavy atom. The first-order chi connectivity index (χ1) is 9.12. The van der Waals surface area contributed by atoms with E-state index in [4.69, 9.17) is 9.47 Å². The van der Waals surface area contributed by atoms with Gasteiger partial charge >= 0.3 is 5.69 Å². The molecule has 19 heavy (non-hydrogen) atoms. The molecule has 1 heterocycles. The SMILES string of the molecule is CCCn1c(=O)[nH]c2cc(OC)c(OC)cc2c1=O. The van der Waals surface area contributed by atoms with Crippen LogP contribution < -0.4 is 20.7 Å². The number of hydrogen-bond acceptors (Lipinski definition) is 4. The fourth-order valence-corrected chi connectivity index (χ4v) is 2.01. The Morgan fingerprint density at radius 1 is 1.16 bits per heavy atom. The average Bonchev–Trinajstić information content (AvgIpc) is 2.42. The zero-order chi connectivity index (χ0) is 14.0. The van der Waals surface area contributed by atoms with E-state index in [2.05, 4.69) is 4.98 Å². The third-order valence-electron chi connectivity index (χ3n) is 2.93. The molecule has 0 aliphatic heterocycles. The molecule has 0 saturated carbocycles. The van der Waals surface area contributed by atoms with Gasteiger partial charge in [0.15, 0.2) is 11.5 Å². The van der Waals surface area contributed by atoms with Crippen LogP contribution in [0.4, 0.5) is 0 Å². The van der Waals surface area contributed by atoms with Crippen LogP contribution in [0.5, 0.6) is 11.5 Å². The highest BCUT2D eigenvalue weighted by Crippen LogP contribution is 2.29. The monoisotopic (exact) mass is 264 g/mol. The molecule has 1 aromatic carbocycles. The molecule has 0 unspecified atom stereocenters. The molecule has 102 valence electrons. The van der Waals surface area contributed by atoms with Crippen LogP contribution in [0.15, 0.2) is 21.7 Å². The van der Waals surface area contributed by atoms with Crippen molar-refractivity contribution >= 4 is 10.9 Å². The molecule has 0 aliphatic carbocycles. The molecule has 1 aromatic heterocycles. The maximum absolute atomic E-state index is 12.3. The van der Waals surface area contributed by atoms with E-state index in [1.54, 1.807) is 12.1 Å². The Kier molecular flexibility index (Phi) is 3.59. The molecule has 0 spiro atoms. The van der Waals surface area contributed by atoms with E-state index in [-0.39, 0.29) is 5.56 Å². The van der Waals surface area contributed by atoms with Crippen LogP contribution in [0.25, 0.3) is 10.9 Å². The molecule has 2 rings (SSSR count). The van der Waals surface area contributed by atoms with E-state index in [1.165, 1.54) is 18.8 Å². The van der Waals surface area contributed by atoms with Gasteiger partial charge in [0.1, 0.15) is 0 Å². The van der Waals surface area contributed by atoms with Crippen molar-refractivity contribution in [2.24, 2.45) is 0 Å². The second-order valence-corrected chi connectivity index (χ2v) is 4.14. The molecular formula is C13H16N2O4. The molecule has 6 heteroatoms. The van der Waals surface area contributed by atoms with E-state index in [1.807, 2.05) is 6.92 Å². The lowest BCUT2D eigenvalue weighted by Gasteiger charge is -2.10. The summed E-state index contributed by atoms with van der Waals surface area (Å²) in [6.07, 6.45) is 0.710. The van der Waals surface area contributed by atoms with Gasteiger partial charge in [0.05, 0.1) is 25.1 Å². The van der Waals surface area contributed by atoms with Crippen LogP contribution >= 0.6 is 0 Å². The number of ether oxygens (including phenoxy) is 2. The highest BCUT2D eigenvalue weighted by Gasteiger charge is 2.12. The van der Waals surface area contributed by atoms with Crippen molar-refractivity contribution in [1.29, 1.82) is 0 Å². The number of nitrogens with zero attached hydrogens (tertiary/aromatic N) is 1. The maximum Gasteiger partial charge on any atom is 0.328 e. The van der Waals surface area contributed by atoms with E-state index in [0.717, 1.165) is 0 Å². The molecule has 0 amide bonds. The summed E-state index contributed by atoms with van der Waals surface area (Å²) in [6, 6.07) is 3.17.